The predicted octanol–water partition coefficient (Wildman–Crippen LogP) is 3.51. The molecule has 0 spiro atoms. The van der Waals surface area contributed by atoms with Crippen molar-refractivity contribution in [1.29, 1.82) is 0 Å². The topological polar surface area (TPSA) is 91.1 Å². The molecule has 158 valence electrons. The molecular weight excluding hydrogens is 378 g/mol. The Hall–Kier alpha value is -2.60. The molecule has 4 aliphatic carbocycles. The Morgan fingerprint density at radius 3 is 2.80 bits per heavy atom. The van der Waals surface area contributed by atoms with Crippen LogP contribution in [0.4, 0.5) is 0 Å². The first-order chi connectivity index (χ1) is 14.7. The molecule has 0 aromatic heterocycles. The van der Waals surface area contributed by atoms with Crippen LogP contribution in [-0.2, 0) is 9.59 Å². The molecule has 5 atom stereocenters. The Labute approximate surface area is 177 Å². The summed E-state index contributed by atoms with van der Waals surface area (Å²) in [5.41, 5.74) is 2.85. The highest BCUT2D eigenvalue weighted by Crippen LogP contribution is 2.38. The molecule has 1 amide bonds. The molecular formula is C24H29N3O3. The molecule has 5 unspecified atom stereocenters. The van der Waals surface area contributed by atoms with Crippen molar-refractivity contribution in [2.45, 2.75) is 69.2 Å². The molecule has 0 saturated carbocycles. The second kappa shape index (κ2) is 9.47. The number of nitrogens with zero attached hydrogens (tertiary/aromatic N) is 2. The van der Waals surface area contributed by atoms with Gasteiger partial charge < -0.3 is 10.4 Å². The zero-order chi connectivity index (χ0) is 20.9. The van der Waals surface area contributed by atoms with E-state index >= 15 is 0 Å². The zero-order valence-electron chi connectivity index (χ0n) is 17.1. The molecule has 0 radical (unpaired) electrons. The van der Waals surface area contributed by atoms with Crippen molar-refractivity contribution in [2.75, 3.05) is 0 Å². The molecule has 0 bridgehead atoms. The summed E-state index contributed by atoms with van der Waals surface area (Å²) in [6.07, 6.45) is 19.7. The number of amides is 1. The van der Waals surface area contributed by atoms with Crippen molar-refractivity contribution >= 4 is 12.2 Å². The van der Waals surface area contributed by atoms with Gasteiger partial charge in [0, 0.05) is 5.57 Å². The van der Waals surface area contributed by atoms with Crippen LogP contribution in [0.1, 0.15) is 44.9 Å². The van der Waals surface area contributed by atoms with Crippen molar-refractivity contribution in [3.05, 3.63) is 59.3 Å². The number of carbonyl (C=O) groups excluding carboxylic acids is 2. The fraction of sp³-hybridized carbons (Fsp3) is 0.500. The molecule has 0 aromatic carbocycles. The van der Waals surface area contributed by atoms with Gasteiger partial charge in [0.15, 0.2) is 0 Å². The summed E-state index contributed by atoms with van der Waals surface area (Å²) in [5.74, 6) is -0.745. The van der Waals surface area contributed by atoms with E-state index in [1.807, 2.05) is 12.2 Å². The van der Waals surface area contributed by atoms with Gasteiger partial charge in [-0.05, 0) is 56.1 Å². The lowest BCUT2D eigenvalue weighted by atomic mass is 9.75. The van der Waals surface area contributed by atoms with E-state index in [2.05, 4.69) is 39.8 Å². The lowest BCUT2D eigenvalue weighted by Crippen LogP contribution is -2.48. The number of rotatable bonds is 5. The summed E-state index contributed by atoms with van der Waals surface area (Å²) in [7, 11) is 0. The van der Waals surface area contributed by atoms with Crippen molar-refractivity contribution < 1.29 is 14.7 Å². The van der Waals surface area contributed by atoms with Crippen LogP contribution in [0.2, 0.25) is 0 Å². The molecule has 6 nitrogen and oxygen atoms in total. The first-order valence-corrected chi connectivity index (χ1v) is 10.9. The van der Waals surface area contributed by atoms with E-state index in [9.17, 15) is 14.7 Å². The van der Waals surface area contributed by atoms with Gasteiger partial charge in [0.1, 0.15) is 12.3 Å². The van der Waals surface area contributed by atoms with Crippen LogP contribution in [0.5, 0.6) is 0 Å². The minimum atomic E-state index is -0.889. The Bertz CT molecular complexity index is 865. The smallest absolute Gasteiger partial charge is 0.226 e. The number of aliphatic hydroxyl groups is 1. The van der Waals surface area contributed by atoms with E-state index in [0.29, 0.717) is 18.4 Å². The van der Waals surface area contributed by atoms with Crippen LogP contribution in [-0.4, -0.2) is 41.5 Å². The molecule has 2 N–H and O–H groups in total. The van der Waals surface area contributed by atoms with Crippen molar-refractivity contribution in [3.8, 4) is 0 Å². The maximum Gasteiger partial charge on any atom is 0.226 e. The monoisotopic (exact) mass is 407 g/mol. The second-order valence-corrected chi connectivity index (χ2v) is 8.43. The SMILES string of the molecule is O=CC1=CCC(NC(=O)C2CC3=C(CCC=C3)C(N=NC3C=CCCC3)C2O)C=C1. The maximum atomic E-state index is 13.0. The fourth-order valence-electron chi connectivity index (χ4n) is 4.61. The lowest BCUT2D eigenvalue weighted by Gasteiger charge is -2.36. The first kappa shape index (κ1) is 20.7. The molecule has 30 heavy (non-hydrogen) atoms. The number of aldehydes is 1. The third-order valence-corrected chi connectivity index (χ3v) is 6.34. The normalized spacial score (nSPS) is 33.4. The molecule has 4 rings (SSSR count). The van der Waals surface area contributed by atoms with Gasteiger partial charge in [0.2, 0.25) is 5.91 Å². The molecule has 0 aliphatic heterocycles. The van der Waals surface area contributed by atoms with E-state index in [4.69, 9.17) is 0 Å². The van der Waals surface area contributed by atoms with Gasteiger partial charge in [-0.1, -0.05) is 42.5 Å². The van der Waals surface area contributed by atoms with E-state index in [0.717, 1.165) is 49.5 Å². The van der Waals surface area contributed by atoms with Gasteiger partial charge in [-0.15, -0.1) is 0 Å². The number of azo groups is 1. The molecule has 4 aliphatic rings. The Kier molecular flexibility index (Phi) is 6.53. The molecule has 0 fully saturated rings. The maximum absolute atomic E-state index is 13.0. The van der Waals surface area contributed by atoms with Crippen LogP contribution in [0, 0.1) is 5.92 Å². The van der Waals surface area contributed by atoms with Gasteiger partial charge in [0.05, 0.1) is 24.1 Å². The molecule has 0 heterocycles. The summed E-state index contributed by atoms with van der Waals surface area (Å²) < 4.78 is 0. The standard InChI is InChI=1S/C24H29N3O3/c28-15-16-10-12-18(13-11-16)25-24(30)21-14-17-6-4-5-9-20(17)22(23(21)29)27-26-19-7-2-1-3-8-19/h2,4,6-7,10-12,15,18-19,21-23,29H,1,3,5,8-9,13-14H2,(H,25,30). The average molecular weight is 408 g/mol. The first-order valence-electron chi connectivity index (χ1n) is 10.9. The number of aliphatic hydroxyl groups excluding tert-OH is 1. The summed E-state index contributed by atoms with van der Waals surface area (Å²) >= 11 is 0. The van der Waals surface area contributed by atoms with Crippen LogP contribution < -0.4 is 5.32 Å². The van der Waals surface area contributed by atoms with Crippen molar-refractivity contribution in [3.63, 3.8) is 0 Å². The summed E-state index contributed by atoms with van der Waals surface area (Å²) in [4.78, 5) is 23.9. The van der Waals surface area contributed by atoms with Gasteiger partial charge in [-0.25, -0.2) is 0 Å². The molecule has 0 aromatic rings. The fourth-order valence-corrected chi connectivity index (χ4v) is 4.61. The van der Waals surface area contributed by atoms with E-state index in [1.54, 1.807) is 6.08 Å². The van der Waals surface area contributed by atoms with Crippen LogP contribution >= 0.6 is 0 Å². The third kappa shape index (κ3) is 4.59. The molecule has 0 saturated heterocycles. The minimum absolute atomic E-state index is 0.0644. The Morgan fingerprint density at radius 2 is 2.07 bits per heavy atom. The predicted molar refractivity (Wildman–Crippen MR) is 115 cm³/mol. The van der Waals surface area contributed by atoms with Crippen LogP contribution in [0.3, 0.4) is 0 Å². The highest BCUT2D eigenvalue weighted by atomic mass is 16.3. The van der Waals surface area contributed by atoms with Crippen LogP contribution in [0.15, 0.2) is 69.5 Å². The summed E-state index contributed by atoms with van der Waals surface area (Å²) in [5, 5.41) is 23.2. The number of allylic oxidation sites excluding steroid dienone is 6. The number of hydrogen-bond acceptors (Lipinski definition) is 5. The highest BCUT2D eigenvalue weighted by molar-refractivity contribution is 5.82. The van der Waals surface area contributed by atoms with Gasteiger partial charge >= 0.3 is 0 Å². The number of carbonyl (C=O) groups is 2. The van der Waals surface area contributed by atoms with E-state index in [1.165, 1.54) is 0 Å². The average Bonchev–Trinajstić information content (AvgIpc) is 2.79. The Balaban J connectivity index is 1.49. The third-order valence-electron chi connectivity index (χ3n) is 6.34. The van der Waals surface area contributed by atoms with Crippen molar-refractivity contribution in [1.82, 2.24) is 5.32 Å². The highest BCUT2D eigenvalue weighted by Gasteiger charge is 2.41. The van der Waals surface area contributed by atoms with Crippen molar-refractivity contribution in [2.24, 2.45) is 16.1 Å². The zero-order valence-corrected chi connectivity index (χ0v) is 17.1. The van der Waals surface area contributed by atoms with Crippen LogP contribution in [0.25, 0.3) is 0 Å². The largest absolute Gasteiger partial charge is 0.390 e. The second-order valence-electron chi connectivity index (χ2n) is 8.43. The quantitative estimate of drug-likeness (QED) is 0.415. The lowest BCUT2D eigenvalue weighted by molar-refractivity contribution is -0.129. The Morgan fingerprint density at radius 1 is 1.17 bits per heavy atom. The molecule has 6 heteroatoms. The van der Waals surface area contributed by atoms with E-state index in [-0.39, 0.29) is 18.0 Å². The summed E-state index contributed by atoms with van der Waals surface area (Å²) in [6.45, 7) is 0. The minimum Gasteiger partial charge on any atom is -0.390 e. The van der Waals surface area contributed by atoms with Gasteiger partial charge in [-0.2, -0.15) is 10.2 Å². The van der Waals surface area contributed by atoms with Gasteiger partial charge in [-0.3, -0.25) is 9.59 Å². The summed E-state index contributed by atoms with van der Waals surface area (Å²) in [6, 6.07) is -0.569. The van der Waals surface area contributed by atoms with Gasteiger partial charge in [0.25, 0.3) is 0 Å². The number of hydrogen-bond donors (Lipinski definition) is 2. The number of nitrogens with one attached hydrogen (secondary N) is 1. The van der Waals surface area contributed by atoms with E-state index < -0.39 is 18.1 Å².